The van der Waals surface area contributed by atoms with E-state index in [1.165, 1.54) is 11.1 Å². The summed E-state index contributed by atoms with van der Waals surface area (Å²) in [5.74, 6) is 1.02. The normalized spacial score (nSPS) is 21.3. The van der Waals surface area contributed by atoms with E-state index < -0.39 is 16.0 Å². The van der Waals surface area contributed by atoms with Gasteiger partial charge >= 0.3 is 0 Å². The van der Waals surface area contributed by atoms with Gasteiger partial charge in [-0.1, -0.05) is 50.3 Å². The summed E-state index contributed by atoms with van der Waals surface area (Å²) >= 11 is 0. The molecule has 1 saturated heterocycles. The zero-order chi connectivity index (χ0) is 32.8. The van der Waals surface area contributed by atoms with Crippen LogP contribution in [0.4, 0.5) is 0 Å². The van der Waals surface area contributed by atoms with Crippen LogP contribution in [0.15, 0.2) is 48.8 Å². The van der Waals surface area contributed by atoms with E-state index in [0.717, 1.165) is 65.1 Å². The second-order valence-corrected chi connectivity index (χ2v) is 16.0. The van der Waals surface area contributed by atoms with Gasteiger partial charge in [-0.15, -0.1) is 5.10 Å². The molecule has 6 rings (SSSR count). The molecule has 0 radical (unpaired) electrons. The topological polar surface area (TPSA) is 126 Å². The van der Waals surface area contributed by atoms with Gasteiger partial charge < -0.3 is 10.1 Å². The van der Waals surface area contributed by atoms with Crippen LogP contribution in [0.25, 0.3) is 11.0 Å². The van der Waals surface area contributed by atoms with E-state index in [4.69, 9.17) is 4.74 Å². The average Bonchev–Trinajstić information content (AvgIpc) is 3.50. The lowest BCUT2D eigenvalue weighted by molar-refractivity contribution is -0.130. The highest BCUT2D eigenvalue weighted by Gasteiger charge is 2.42. The van der Waals surface area contributed by atoms with Crippen molar-refractivity contribution in [2.45, 2.75) is 78.6 Å². The van der Waals surface area contributed by atoms with Crippen LogP contribution >= 0.6 is 10.6 Å². The second kappa shape index (κ2) is 12.6. The van der Waals surface area contributed by atoms with Crippen molar-refractivity contribution in [2.24, 2.45) is 12.5 Å². The summed E-state index contributed by atoms with van der Waals surface area (Å²) in [7, 11) is -0.759. The van der Waals surface area contributed by atoms with Crippen molar-refractivity contribution in [1.29, 1.82) is 0 Å². The molecule has 1 amide bonds. The Morgan fingerprint density at radius 3 is 2.74 bits per heavy atom. The molecule has 0 aliphatic carbocycles. The SMILES string of the molecule is CCC1CN(Cc2cc([C@@H](c3ccc4c(nnn4C)c3C)C(C)(C)C(=O)NC3CCS(O)(O)C3)ccc2C)Cc2cnccc2O1. The van der Waals surface area contributed by atoms with Crippen molar-refractivity contribution in [3.8, 4) is 5.75 Å². The van der Waals surface area contributed by atoms with Crippen LogP contribution in [0, 0.1) is 19.3 Å². The predicted molar refractivity (Wildman–Crippen MR) is 182 cm³/mol. The molecule has 1 fully saturated rings. The Morgan fingerprint density at radius 2 is 2.00 bits per heavy atom. The Morgan fingerprint density at radius 1 is 1.20 bits per heavy atom. The molecule has 2 unspecified atom stereocenters. The van der Waals surface area contributed by atoms with E-state index in [-0.39, 0.29) is 29.7 Å². The van der Waals surface area contributed by atoms with Gasteiger partial charge in [-0.05, 0) is 66.6 Å². The molecule has 0 spiro atoms. The van der Waals surface area contributed by atoms with Crippen LogP contribution in [0.3, 0.4) is 0 Å². The van der Waals surface area contributed by atoms with Crippen LogP contribution in [-0.4, -0.2) is 70.1 Å². The first-order valence-corrected chi connectivity index (χ1v) is 18.0. The first-order valence-electron chi connectivity index (χ1n) is 16.1. The lowest BCUT2D eigenvalue weighted by Gasteiger charge is -2.36. The number of aromatic nitrogens is 4. The summed E-state index contributed by atoms with van der Waals surface area (Å²) in [6, 6.07) is 12.4. The largest absolute Gasteiger partial charge is 0.489 e. The van der Waals surface area contributed by atoms with Crippen molar-refractivity contribution in [3.05, 3.63) is 82.2 Å². The van der Waals surface area contributed by atoms with Crippen molar-refractivity contribution in [3.63, 3.8) is 0 Å². The first kappa shape index (κ1) is 32.4. The fourth-order valence-electron chi connectivity index (χ4n) is 7.06. The smallest absolute Gasteiger partial charge is 0.226 e. The van der Waals surface area contributed by atoms with Crippen LogP contribution in [0.2, 0.25) is 0 Å². The maximum absolute atomic E-state index is 14.2. The molecule has 2 aliphatic rings. The minimum absolute atomic E-state index is 0.0814. The highest BCUT2D eigenvalue weighted by Crippen LogP contribution is 2.47. The molecule has 10 nitrogen and oxygen atoms in total. The van der Waals surface area contributed by atoms with Crippen molar-refractivity contribution < 1.29 is 18.6 Å². The van der Waals surface area contributed by atoms with Gasteiger partial charge in [0.2, 0.25) is 5.91 Å². The first-order chi connectivity index (χ1) is 21.9. The van der Waals surface area contributed by atoms with Crippen LogP contribution in [0.5, 0.6) is 5.75 Å². The monoisotopic (exact) mass is 646 g/mol. The molecule has 3 N–H and O–H groups in total. The number of hydrogen-bond donors (Lipinski definition) is 3. The average molecular weight is 647 g/mol. The summed E-state index contributed by atoms with van der Waals surface area (Å²) in [5, 5.41) is 11.9. The summed E-state index contributed by atoms with van der Waals surface area (Å²) in [4.78, 5) is 21.0. The maximum atomic E-state index is 14.2. The molecular weight excluding hydrogens is 600 g/mol. The molecule has 11 heteroatoms. The molecule has 2 aromatic heterocycles. The van der Waals surface area contributed by atoms with Crippen molar-refractivity contribution >= 4 is 27.5 Å². The number of nitrogens with one attached hydrogen (secondary N) is 1. The number of pyridine rings is 1. The van der Waals surface area contributed by atoms with Gasteiger partial charge in [-0.25, -0.2) is 4.68 Å². The minimum atomic E-state index is -2.64. The van der Waals surface area contributed by atoms with Gasteiger partial charge in [0, 0.05) is 62.4 Å². The number of amides is 1. The number of hydrogen-bond acceptors (Lipinski definition) is 8. The number of aryl methyl sites for hydroxylation is 3. The fourth-order valence-corrected chi connectivity index (χ4v) is 8.78. The number of fused-ring (bicyclic) bond motifs is 2. The van der Waals surface area contributed by atoms with E-state index in [1.807, 2.05) is 39.2 Å². The van der Waals surface area contributed by atoms with Gasteiger partial charge in [-0.3, -0.25) is 23.8 Å². The number of carbonyl (C=O) groups is 1. The minimum Gasteiger partial charge on any atom is -0.489 e. The molecule has 0 bridgehead atoms. The molecule has 2 aliphatic heterocycles. The van der Waals surface area contributed by atoms with E-state index >= 15 is 0 Å². The maximum Gasteiger partial charge on any atom is 0.226 e. The second-order valence-electron chi connectivity index (χ2n) is 13.6. The quantitative estimate of drug-likeness (QED) is 0.215. The molecule has 3 atom stereocenters. The van der Waals surface area contributed by atoms with Gasteiger partial charge in [0.1, 0.15) is 17.4 Å². The van der Waals surface area contributed by atoms with Crippen LogP contribution < -0.4 is 10.1 Å². The predicted octanol–water partition coefficient (Wildman–Crippen LogP) is 5.95. The molecule has 46 heavy (non-hydrogen) atoms. The fraction of sp³-hybridized carbons (Fsp3) is 0.486. The van der Waals surface area contributed by atoms with Crippen molar-refractivity contribution in [1.82, 2.24) is 30.2 Å². The van der Waals surface area contributed by atoms with Crippen LogP contribution in [0.1, 0.15) is 72.9 Å². The lowest BCUT2D eigenvalue weighted by Crippen LogP contribution is -2.46. The van der Waals surface area contributed by atoms with E-state index in [0.29, 0.717) is 12.2 Å². The zero-order valence-corrected chi connectivity index (χ0v) is 28.5. The Hall–Kier alpha value is -3.51. The molecule has 2 aromatic carbocycles. The molecule has 4 aromatic rings. The van der Waals surface area contributed by atoms with E-state index in [2.05, 4.69) is 70.5 Å². The summed E-state index contributed by atoms with van der Waals surface area (Å²) in [6.45, 7) is 12.6. The van der Waals surface area contributed by atoms with E-state index in [9.17, 15) is 13.9 Å². The van der Waals surface area contributed by atoms with E-state index in [1.54, 1.807) is 10.9 Å². The van der Waals surface area contributed by atoms with Gasteiger partial charge in [0.05, 0.1) is 16.7 Å². The Labute approximate surface area is 272 Å². The van der Waals surface area contributed by atoms with Gasteiger partial charge in [-0.2, -0.15) is 10.6 Å². The van der Waals surface area contributed by atoms with Gasteiger partial charge in [0.15, 0.2) is 0 Å². The highest BCUT2D eigenvalue weighted by atomic mass is 32.3. The Kier molecular flexibility index (Phi) is 8.88. The van der Waals surface area contributed by atoms with Crippen molar-refractivity contribution in [2.75, 3.05) is 18.1 Å². The zero-order valence-electron chi connectivity index (χ0n) is 27.7. The number of rotatable bonds is 8. The standard InChI is InChI=1S/C35H46N6O4S/c1-7-28-20-41(19-26-17-36-14-12-31(26)45-28)18-25-16-24(9-8-22(25)2)32(29-10-11-30-33(23(29)3)38-39-40(30)6)35(4,5)34(42)37-27-13-15-46(43,44)21-27/h8-12,14,16-17,27-28,32,43-44H,7,13,15,18-21H2,1-6H3,(H,37,42)/t27?,28?,32-/m0/s1. The number of nitrogens with zero attached hydrogens (tertiary/aromatic N) is 5. The number of benzene rings is 2. The number of ether oxygens (including phenoxy) is 1. The molecular formula is C35H46N6O4S. The summed E-state index contributed by atoms with van der Waals surface area (Å²) < 4.78 is 28.6. The lowest BCUT2D eigenvalue weighted by atomic mass is 9.69. The molecule has 246 valence electrons. The molecule has 0 saturated carbocycles. The Bertz CT molecular complexity index is 1750. The highest BCUT2D eigenvalue weighted by molar-refractivity contribution is 8.24. The molecule has 4 heterocycles. The summed E-state index contributed by atoms with van der Waals surface area (Å²) in [6.07, 6.45) is 5.23. The third-order valence-corrected chi connectivity index (χ3v) is 11.7. The summed E-state index contributed by atoms with van der Waals surface area (Å²) in [5.41, 5.74) is 7.40. The third kappa shape index (κ3) is 6.38. The third-order valence-electron chi connectivity index (χ3n) is 9.86. The van der Waals surface area contributed by atoms with Gasteiger partial charge in [0.25, 0.3) is 0 Å². The number of carbonyl (C=O) groups excluding carboxylic acids is 1. The van der Waals surface area contributed by atoms with Crippen LogP contribution in [-0.2, 0) is 24.9 Å². The Balaban J connectivity index is 1.39.